The van der Waals surface area contributed by atoms with Crippen LogP contribution in [0.1, 0.15) is 51.2 Å². The molecule has 50 heavy (non-hydrogen) atoms. The maximum atomic E-state index is 13.2. The number of carbonyl (C=O) groups is 2. The SMILES string of the molecule is Cc1sc2c(c1C)C(c1ccc(Cl)cc1)=N[C@@H](CC(=O)NCCOCCNc1ncccc1-c1ccc3c(c1)CC(=O)N3)c1nnc(C)n1-2.S. The minimum absolute atomic E-state index is 0. The summed E-state index contributed by atoms with van der Waals surface area (Å²) in [6.45, 7) is 7.79. The molecule has 0 saturated heterocycles. The quantitative estimate of drug-likeness (QED) is 0.140. The van der Waals surface area contributed by atoms with E-state index in [-0.39, 0.29) is 31.7 Å². The Kier molecular flexibility index (Phi) is 10.7. The lowest BCUT2D eigenvalue weighted by atomic mass is 9.99. The Morgan fingerprint density at radius 3 is 2.66 bits per heavy atom. The normalized spacial score (nSPS) is 14.4. The summed E-state index contributed by atoms with van der Waals surface area (Å²) in [4.78, 5) is 35.9. The Hall–Kier alpha value is -4.56. The van der Waals surface area contributed by atoms with Gasteiger partial charge in [-0.2, -0.15) is 13.5 Å². The first-order valence-corrected chi connectivity index (χ1v) is 17.3. The number of nitrogens with one attached hydrogen (secondary N) is 3. The molecular formula is C36H37ClN8O3S2. The summed E-state index contributed by atoms with van der Waals surface area (Å²) in [5.74, 6) is 1.98. The van der Waals surface area contributed by atoms with Gasteiger partial charge in [0.25, 0.3) is 0 Å². The zero-order valence-electron chi connectivity index (χ0n) is 27.8. The summed E-state index contributed by atoms with van der Waals surface area (Å²) < 4.78 is 7.86. The van der Waals surface area contributed by atoms with Crippen LogP contribution in [-0.4, -0.2) is 63.6 Å². The lowest BCUT2D eigenvalue weighted by Crippen LogP contribution is -2.29. The molecule has 3 aromatic heterocycles. The molecule has 0 saturated carbocycles. The van der Waals surface area contributed by atoms with E-state index in [4.69, 9.17) is 21.3 Å². The highest BCUT2D eigenvalue weighted by atomic mass is 35.5. The predicted molar refractivity (Wildman–Crippen MR) is 203 cm³/mol. The Morgan fingerprint density at radius 2 is 1.84 bits per heavy atom. The monoisotopic (exact) mass is 728 g/mol. The highest BCUT2D eigenvalue weighted by Crippen LogP contribution is 2.39. The van der Waals surface area contributed by atoms with E-state index in [1.165, 1.54) is 4.88 Å². The molecule has 7 rings (SSSR count). The number of halogens is 1. The number of aryl methyl sites for hydroxylation is 2. The van der Waals surface area contributed by atoms with Gasteiger partial charge < -0.3 is 20.7 Å². The van der Waals surface area contributed by atoms with Crippen LogP contribution in [0.25, 0.3) is 16.1 Å². The Labute approximate surface area is 306 Å². The number of aliphatic imine (C=N–C) groups is 1. The molecule has 2 aromatic carbocycles. The third kappa shape index (κ3) is 7.17. The number of anilines is 2. The molecular weight excluding hydrogens is 692 g/mol. The molecule has 2 aliphatic heterocycles. The predicted octanol–water partition coefficient (Wildman–Crippen LogP) is 6.10. The van der Waals surface area contributed by atoms with Gasteiger partial charge in [0.2, 0.25) is 11.8 Å². The number of hydrogen-bond acceptors (Lipinski definition) is 9. The van der Waals surface area contributed by atoms with E-state index >= 15 is 0 Å². The van der Waals surface area contributed by atoms with Gasteiger partial charge in [-0.15, -0.1) is 21.5 Å². The van der Waals surface area contributed by atoms with Gasteiger partial charge in [-0.05, 0) is 73.9 Å². The van der Waals surface area contributed by atoms with Crippen LogP contribution in [0.2, 0.25) is 5.02 Å². The molecule has 0 unspecified atom stereocenters. The van der Waals surface area contributed by atoms with Crippen LogP contribution in [0.5, 0.6) is 0 Å². The van der Waals surface area contributed by atoms with Crippen LogP contribution in [0, 0.1) is 20.8 Å². The molecule has 258 valence electrons. The van der Waals surface area contributed by atoms with Crippen molar-refractivity contribution in [1.29, 1.82) is 0 Å². The second-order valence-electron chi connectivity index (χ2n) is 12.0. The number of fused-ring (bicyclic) bond motifs is 4. The minimum Gasteiger partial charge on any atom is -0.378 e. The largest absolute Gasteiger partial charge is 0.378 e. The van der Waals surface area contributed by atoms with E-state index < -0.39 is 6.04 Å². The maximum absolute atomic E-state index is 13.2. The summed E-state index contributed by atoms with van der Waals surface area (Å²) in [5, 5.41) is 19.7. The van der Waals surface area contributed by atoms with Crippen LogP contribution < -0.4 is 16.0 Å². The zero-order valence-corrected chi connectivity index (χ0v) is 30.4. The van der Waals surface area contributed by atoms with Gasteiger partial charge in [0.1, 0.15) is 22.7 Å². The number of aromatic nitrogens is 4. The zero-order chi connectivity index (χ0) is 34.1. The van der Waals surface area contributed by atoms with Crippen molar-refractivity contribution < 1.29 is 14.3 Å². The van der Waals surface area contributed by atoms with E-state index in [0.29, 0.717) is 43.6 Å². The average Bonchev–Trinajstić information content (AvgIpc) is 3.73. The summed E-state index contributed by atoms with van der Waals surface area (Å²) in [5.41, 5.74) is 7.68. The van der Waals surface area contributed by atoms with Crippen LogP contribution >= 0.6 is 36.4 Å². The molecule has 5 aromatic rings. The standard InChI is InChI=1S/C36H35ClN8O3S.H2S/c1-20-21(2)49-36-32(20)33(23-6-9-26(37)10-7-23)42-29(35-44-43-22(3)45(35)36)19-30(46)38-13-15-48-16-14-40-34-27(5-4-12-39-34)24-8-11-28-25(17-24)18-31(47)41-28;/h4-12,17,29H,13-16,18-19H2,1-3H3,(H,38,46)(H,39,40)(H,41,47);1H2/t29-;/m0./s1. The minimum atomic E-state index is -0.536. The number of benzene rings is 2. The topological polar surface area (TPSA) is 135 Å². The van der Waals surface area contributed by atoms with Gasteiger partial charge in [0.05, 0.1) is 31.8 Å². The van der Waals surface area contributed by atoms with E-state index in [0.717, 1.165) is 61.4 Å². The molecule has 0 spiro atoms. The fraction of sp³-hybridized carbons (Fsp3) is 0.278. The Bertz CT molecular complexity index is 2090. The van der Waals surface area contributed by atoms with Crippen molar-refractivity contribution in [3.05, 3.63) is 105 Å². The van der Waals surface area contributed by atoms with Gasteiger partial charge in [0.15, 0.2) is 5.82 Å². The Morgan fingerprint density at radius 1 is 1.06 bits per heavy atom. The first-order chi connectivity index (χ1) is 23.8. The molecule has 0 aliphatic carbocycles. The fourth-order valence-corrected chi connectivity index (χ4v) is 7.50. The molecule has 2 amide bonds. The van der Waals surface area contributed by atoms with Gasteiger partial charge in [0, 0.05) is 51.6 Å². The lowest BCUT2D eigenvalue weighted by molar-refractivity contribution is -0.121. The van der Waals surface area contributed by atoms with Crippen molar-refractivity contribution in [2.75, 3.05) is 36.9 Å². The molecule has 0 radical (unpaired) electrons. The van der Waals surface area contributed by atoms with Gasteiger partial charge in [-0.3, -0.25) is 19.1 Å². The van der Waals surface area contributed by atoms with E-state index in [1.807, 2.05) is 66.1 Å². The summed E-state index contributed by atoms with van der Waals surface area (Å²) in [6.07, 6.45) is 2.23. The van der Waals surface area contributed by atoms with Crippen molar-refractivity contribution in [1.82, 2.24) is 25.1 Å². The molecule has 11 nitrogen and oxygen atoms in total. The average molecular weight is 729 g/mol. The second kappa shape index (κ2) is 15.1. The van der Waals surface area contributed by atoms with Gasteiger partial charge in [-0.1, -0.05) is 29.8 Å². The number of carbonyl (C=O) groups excluding carboxylic acids is 2. The number of hydrogen-bond donors (Lipinski definition) is 3. The number of pyridine rings is 1. The smallest absolute Gasteiger partial charge is 0.228 e. The van der Waals surface area contributed by atoms with E-state index in [1.54, 1.807) is 17.5 Å². The van der Waals surface area contributed by atoms with Crippen molar-refractivity contribution in [2.45, 2.75) is 39.7 Å². The first kappa shape index (κ1) is 35.3. The summed E-state index contributed by atoms with van der Waals surface area (Å²) in [6, 6.07) is 16.9. The number of amides is 2. The molecule has 0 bridgehead atoms. The number of nitrogens with zero attached hydrogens (tertiary/aromatic N) is 5. The molecule has 14 heteroatoms. The molecule has 3 N–H and O–H groups in total. The first-order valence-electron chi connectivity index (χ1n) is 16.1. The van der Waals surface area contributed by atoms with Gasteiger partial charge >= 0.3 is 0 Å². The number of thiophene rings is 1. The fourth-order valence-electron chi connectivity index (χ4n) is 6.16. The van der Waals surface area contributed by atoms with Crippen molar-refractivity contribution >= 4 is 65.5 Å². The van der Waals surface area contributed by atoms with Gasteiger partial charge in [-0.25, -0.2) is 4.98 Å². The number of rotatable bonds is 11. The molecule has 5 heterocycles. The highest BCUT2D eigenvalue weighted by Gasteiger charge is 2.32. The van der Waals surface area contributed by atoms with Crippen LogP contribution in [0.3, 0.4) is 0 Å². The van der Waals surface area contributed by atoms with Crippen LogP contribution in [-0.2, 0) is 20.7 Å². The van der Waals surface area contributed by atoms with Crippen molar-refractivity contribution in [2.24, 2.45) is 4.99 Å². The van der Waals surface area contributed by atoms with Crippen molar-refractivity contribution in [3.8, 4) is 16.1 Å². The third-order valence-corrected chi connectivity index (χ3v) is 10.1. The molecule has 1 atom stereocenters. The Balaban J connectivity index is 0.00000432. The van der Waals surface area contributed by atoms with Crippen LogP contribution in [0.15, 0.2) is 65.8 Å². The second-order valence-corrected chi connectivity index (χ2v) is 13.6. The third-order valence-electron chi connectivity index (χ3n) is 8.69. The highest BCUT2D eigenvalue weighted by molar-refractivity contribution is 7.59. The summed E-state index contributed by atoms with van der Waals surface area (Å²) >= 11 is 7.89. The number of ether oxygens (including phenoxy) is 1. The van der Waals surface area contributed by atoms with E-state index in [2.05, 4.69) is 45.0 Å². The van der Waals surface area contributed by atoms with Crippen molar-refractivity contribution in [3.63, 3.8) is 0 Å². The van der Waals surface area contributed by atoms with Crippen LogP contribution in [0.4, 0.5) is 11.5 Å². The molecule has 0 fully saturated rings. The van der Waals surface area contributed by atoms with E-state index in [9.17, 15) is 9.59 Å². The maximum Gasteiger partial charge on any atom is 0.228 e. The summed E-state index contributed by atoms with van der Waals surface area (Å²) in [7, 11) is 0. The molecule has 2 aliphatic rings. The lowest BCUT2D eigenvalue weighted by Gasteiger charge is -2.14.